The predicted molar refractivity (Wildman–Crippen MR) is 101 cm³/mol. The second kappa shape index (κ2) is 7.69. The Hall–Kier alpha value is -2.39. The van der Waals surface area contributed by atoms with E-state index in [1.54, 1.807) is 30.7 Å². The molecule has 0 bridgehead atoms. The summed E-state index contributed by atoms with van der Waals surface area (Å²) in [6.45, 7) is 1.91. The SMILES string of the molecule is O=C1O[C@@H](CNc2ccoc2)CN1c1ccc(N2CC[S+]([O-])CC2)c(F)c1. The first-order chi connectivity index (χ1) is 13.1. The Balaban J connectivity index is 1.40. The first-order valence-corrected chi connectivity index (χ1v) is 10.2. The number of benzene rings is 1. The maximum atomic E-state index is 14.6. The number of cyclic esters (lactones) is 1. The van der Waals surface area contributed by atoms with Crippen LogP contribution in [0, 0.1) is 5.82 Å². The van der Waals surface area contributed by atoms with Gasteiger partial charge in [0.1, 0.15) is 29.7 Å². The summed E-state index contributed by atoms with van der Waals surface area (Å²) in [6, 6.07) is 6.52. The van der Waals surface area contributed by atoms with Crippen LogP contribution in [0.25, 0.3) is 0 Å². The zero-order valence-electron chi connectivity index (χ0n) is 14.6. The maximum Gasteiger partial charge on any atom is 0.414 e. The first kappa shape index (κ1) is 18.0. The Morgan fingerprint density at radius 1 is 1.30 bits per heavy atom. The Bertz CT molecular complexity index is 796. The molecule has 1 aromatic heterocycles. The highest BCUT2D eigenvalue weighted by Crippen LogP contribution is 2.28. The third-order valence-corrected chi connectivity index (χ3v) is 5.97. The lowest BCUT2D eigenvalue weighted by molar-refractivity contribution is 0.147. The summed E-state index contributed by atoms with van der Waals surface area (Å²) < 4.78 is 36.4. The number of rotatable bonds is 5. The molecule has 2 fully saturated rings. The minimum Gasteiger partial charge on any atom is -0.616 e. The van der Waals surface area contributed by atoms with E-state index in [0.29, 0.717) is 49.1 Å². The molecule has 27 heavy (non-hydrogen) atoms. The van der Waals surface area contributed by atoms with E-state index in [9.17, 15) is 13.7 Å². The number of halogens is 1. The van der Waals surface area contributed by atoms with Gasteiger partial charge in [0.15, 0.2) is 0 Å². The van der Waals surface area contributed by atoms with Gasteiger partial charge in [-0.25, -0.2) is 9.18 Å². The van der Waals surface area contributed by atoms with Crippen molar-refractivity contribution in [2.75, 3.05) is 52.8 Å². The molecular formula is C18H20FN3O4S. The molecule has 0 aliphatic carbocycles. The van der Waals surface area contributed by atoms with Crippen LogP contribution in [0.2, 0.25) is 0 Å². The van der Waals surface area contributed by atoms with Crippen molar-refractivity contribution in [2.45, 2.75) is 6.10 Å². The Labute approximate surface area is 159 Å². The molecule has 2 aliphatic heterocycles. The van der Waals surface area contributed by atoms with Crippen molar-refractivity contribution < 1.29 is 22.9 Å². The highest BCUT2D eigenvalue weighted by atomic mass is 32.2. The molecule has 7 nitrogen and oxygen atoms in total. The van der Waals surface area contributed by atoms with Crippen LogP contribution in [-0.4, -0.2) is 54.4 Å². The van der Waals surface area contributed by atoms with Crippen molar-refractivity contribution in [3.05, 3.63) is 42.6 Å². The molecule has 1 amide bonds. The van der Waals surface area contributed by atoms with Crippen LogP contribution in [0.5, 0.6) is 0 Å². The molecule has 2 aromatic rings. The molecule has 0 unspecified atom stereocenters. The van der Waals surface area contributed by atoms with Crippen LogP contribution in [-0.2, 0) is 15.9 Å². The molecular weight excluding hydrogens is 373 g/mol. The largest absolute Gasteiger partial charge is 0.616 e. The zero-order chi connectivity index (χ0) is 18.8. The van der Waals surface area contributed by atoms with Gasteiger partial charge in [0, 0.05) is 0 Å². The van der Waals surface area contributed by atoms with E-state index >= 15 is 0 Å². The van der Waals surface area contributed by atoms with Gasteiger partial charge in [-0.2, -0.15) is 0 Å². The van der Waals surface area contributed by atoms with E-state index in [2.05, 4.69) is 5.32 Å². The number of furan rings is 1. The first-order valence-electron chi connectivity index (χ1n) is 8.74. The van der Waals surface area contributed by atoms with Crippen LogP contribution in [0.1, 0.15) is 0 Å². The molecule has 0 saturated carbocycles. The van der Waals surface area contributed by atoms with E-state index in [1.165, 1.54) is 11.0 Å². The fourth-order valence-electron chi connectivity index (χ4n) is 3.23. The molecule has 4 rings (SSSR count). The van der Waals surface area contributed by atoms with Gasteiger partial charge in [0.25, 0.3) is 0 Å². The fraction of sp³-hybridized carbons (Fsp3) is 0.389. The number of carbonyl (C=O) groups excluding carboxylic acids is 1. The van der Waals surface area contributed by atoms with Crippen molar-refractivity contribution >= 4 is 34.3 Å². The van der Waals surface area contributed by atoms with Gasteiger partial charge < -0.3 is 23.9 Å². The van der Waals surface area contributed by atoms with Gasteiger partial charge in [-0.1, -0.05) is 11.2 Å². The normalized spacial score (nSPS) is 20.8. The number of hydrogen-bond acceptors (Lipinski definition) is 6. The standard InChI is InChI=1S/C18H20FN3O4S/c19-16-9-14(1-2-17(16)21-4-7-27(24)8-5-21)22-11-15(26-18(22)23)10-20-13-3-6-25-12-13/h1-3,6,9,12,15,20H,4-5,7-8,10-11H2/t15-/m0/s1. The van der Waals surface area contributed by atoms with Gasteiger partial charge in [-0.15, -0.1) is 0 Å². The zero-order valence-corrected chi connectivity index (χ0v) is 15.4. The molecule has 1 aromatic carbocycles. The highest BCUT2D eigenvalue weighted by Gasteiger charge is 2.33. The second-order valence-corrected chi connectivity index (χ2v) is 8.18. The Morgan fingerprint density at radius 2 is 2.11 bits per heavy atom. The van der Waals surface area contributed by atoms with Crippen molar-refractivity contribution in [1.82, 2.24) is 0 Å². The Kier molecular flexibility index (Phi) is 5.13. The fourth-order valence-corrected chi connectivity index (χ4v) is 4.29. The molecule has 144 valence electrons. The molecule has 3 heterocycles. The van der Waals surface area contributed by atoms with E-state index < -0.39 is 23.1 Å². The van der Waals surface area contributed by atoms with Crippen LogP contribution >= 0.6 is 0 Å². The minimum absolute atomic E-state index is 0.338. The molecule has 1 atom stereocenters. The van der Waals surface area contributed by atoms with Crippen LogP contribution in [0.4, 0.5) is 26.2 Å². The van der Waals surface area contributed by atoms with Gasteiger partial charge in [0.05, 0.1) is 49.5 Å². The van der Waals surface area contributed by atoms with Crippen molar-refractivity contribution in [1.29, 1.82) is 0 Å². The second-order valence-electron chi connectivity index (χ2n) is 6.48. The molecule has 9 heteroatoms. The quantitative estimate of drug-likeness (QED) is 0.786. The van der Waals surface area contributed by atoms with Gasteiger partial charge in [-0.05, 0) is 24.3 Å². The van der Waals surface area contributed by atoms with E-state index in [4.69, 9.17) is 9.15 Å². The summed E-state index contributed by atoms with van der Waals surface area (Å²) in [7, 11) is 0. The highest BCUT2D eigenvalue weighted by molar-refractivity contribution is 7.91. The van der Waals surface area contributed by atoms with Gasteiger partial charge in [-0.3, -0.25) is 4.90 Å². The van der Waals surface area contributed by atoms with Crippen LogP contribution < -0.4 is 15.1 Å². The number of anilines is 3. The molecule has 2 aliphatic rings. The summed E-state index contributed by atoms with van der Waals surface area (Å²) in [5.74, 6) is 0.698. The van der Waals surface area contributed by atoms with Crippen molar-refractivity contribution in [2.24, 2.45) is 0 Å². The minimum atomic E-state index is -0.815. The van der Waals surface area contributed by atoms with E-state index in [-0.39, 0.29) is 6.10 Å². The lowest BCUT2D eigenvalue weighted by Gasteiger charge is -2.30. The lowest BCUT2D eigenvalue weighted by Crippen LogP contribution is -2.40. The van der Waals surface area contributed by atoms with Gasteiger partial charge >= 0.3 is 6.09 Å². The molecule has 2 saturated heterocycles. The third kappa shape index (κ3) is 3.98. The van der Waals surface area contributed by atoms with Crippen LogP contribution in [0.15, 0.2) is 41.2 Å². The average Bonchev–Trinajstić information content (AvgIpc) is 3.30. The van der Waals surface area contributed by atoms with E-state index in [0.717, 1.165) is 5.69 Å². The number of amides is 1. The summed E-state index contributed by atoms with van der Waals surface area (Å²) in [6.07, 6.45) is 2.29. The summed E-state index contributed by atoms with van der Waals surface area (Å²) in [5.41, 5.74) is 1.75. The summed E-state index contributed by atoms with van der Waals surface area (Å²) >= 11 is -0.815. The predicted octanol–water partition coefficient (Wildman–Crippen LogP) is 2.42. The number of carbonyl (C=O) groups is 1. The number of nitrogens with one attached hydrogen (secondary N) is 1. The third-order valence-electron chi connectivity index (χ3n) is 4.69. The topological polar surface area (TPSA) is 81.0 Å². The Morgan fingerprint density at radius 3 is 2.81 bits per heavy atom. The maximum absolute atomic E-state index is 14.6. The monoisotopic (exact) mass is 393 g/mol. The van der Waals surface area contributed by atoms with Crippen molar-refractivity contribution in [3.8, 4) is 0 Å². The number of ether oxygens (including phenoxy) is 1. The van der Waals surface area contributed by atoms with Crippen molar-refractivity contribution in [3.63, 3.8) is 0 Å². The van der Waals surface area contributed by atoms with Gasteiger partial charge in [0.2, 0.25) is 0 Å². The lowest BCUT2D eigenvalue weighted by atomic mass is 10.2. The molecule has 0 radical (unpaired) electrons. The number of hydrogen-bond donors (Lipinski definition) is 1. The molecule has 1 N–H and O–H groups in total. The van der Waals surface area contributed by atoms with E-state index in [1.807, 2.05) is 4.90 Å². The summed E-state index contributed by atoms with van der Waals surface area (Å²) in [5, 5.41) is 3.12. The number of nitrogens with zero attached hydrogens (tertiary/aromatic N) is 2. The average molecular weight is 393 g/mol. The smallest absolute Gasteiger partial charge is 0.414 e. The summed E-state index contributed by atoms with van der Waals surface area (Å²) in [4.78, 5) is 15.5. The molecule has 0 spiro atoms. The van der Waals surface area contributed by atoms with Crippen LogP contribution in [0.3, 0.4) is 0 Å².